The van der Waals surface area contributed by atoms with Crippen LogP contribution in [0, 0.1) is 0 Å². The first-order chi connectivity index (χ1) is 13.8. The number of aromatic amines is 1. The van der Waals surface area contributed by atoms with Crippen molar-refractivity contribution in [3.05, 3.63) is 36.4 Å². The van der Waals surface area contributed by atoms with Crippen LogP contribution in [0.3, 0.4) is 0 Å². The van der Waals surface area contributed by atoms with Crippen LogP contribution in [0.4, 0.5) is 5.95 Å². The van der Waals surface area contributed by atoms with E-state index in [9.17, 15) is 0 Å². The molecular formula is C20H21N7O. The van der Waals surface area contributed by atoms with E-state index in [2.05, 4.69) is 25.4 Å². The molecule has 1 saturated heterocycles. The first-order valence-corrected chi connectivity index (χ1v) is 9.88. The van der Waals surface area contributed by atoms with Crippen LogP contribution in [0.25, 0.3) is 27.9 Å². The van der Waals surface area contributed by atoms with Gasteiger partial charge in [-0.2, -0.15) is 10.1 Å². The number of fused-ring (bicyclic) bond motifs is 2. The standard InChI is InChI=1S/C20H21N7O/c1-2-12(1)14-11-23-27-6-3-17(25-19(14)27)15-9-21-18-16(15)10-22-20(26-18)24-13-4-7-28-8-5-13/h3,6,9-13H,1-2,4-5,7-8H2,(H2,21,22,24,26). The number of rotatable bonds is 4. The maximum atomic E-state index is 5.41. The van der Waals surface area contributed by atoms with E-state index in [1.807, 2.05) is 35.4 Å². The van der Waals surface area contributed by atoms with Crippen molar-refractivity contribution in [3.63, 3.8) is 0 Å². The predicted octanol–water partition coefficient (Wildman–Crippen LogP) is 3.14. The molecular weight excluding hydrogens is 354 g/mol. The van der Waals surface area contributed by atoms with Gasteiger partial charge >= 0.3 is 0 Å². The minimum atomic E-state index is 0.368. The Kier molecular flexibility index (Phi) is 3.58. The molecule has 0 atom stereocenters. The van der Waals surface area contributed by atoms with Crippen molar-refractivity contribution in [2.24, 2.45) is 0 Å². The van der Waals surface area contributed by atoms with Gasteiger partial charge in [-0.25, -0.2) is 14.5 Å². The number of hydrogen-bond donors (Lipinski definition) is 2. The van der Waals surface area contributed by atoms with Crippen LogP contribution in [0.1, 0.15) is 37.2 Å². The molecule has 2 N–H and O–H groups in total. The van der Waals surface area contributed by atoms with E-state index in [1.54, 1.807) is 0 Å². The number of anilines is 1. The number of hydrogen-bond acceptors (Lipinski definition) is 6. The first-order valence-electron chi connectivity index (χ1n) is 9.88. The van der Waals surface area contributed by atoms with E-state index < -0.39 is 0 Å². The van der Waals surface area contributed by atoms with E-state index in [0.29, 0.717) is 17.9 Å². The fourth-order valence-corrected chi connectivity index (χ4v) is 3.93. The summed E-state index contributed by atoms with van der Waals surface area (Å²) in [6.45, 7) is 1.58. The molecule has 1 aliphatic heterocycles. The highest BCUT2D eigenvalue weighted by atomic mass is 16.5. The van der Waals surface area contributed by atoms with Crippen LogP contribution >= 0.6 is 0 Å². The van der Waals surface area contributed by atoms with Gasteiger partial charge in [0.1, 0.15) is 5.65 Å². The molecule has 4 aromatic rings. The predicted molar refractivity (Wildman–Crippen MR) is 105 cm³/mol. The van der Waals surface area contributed by atoms with Gasteiger partial charge in [-0.15, -0.1) is 0 Å². The van der Waals surface area contributed by atoms with Gasteiger partial charge in [-0.1, -0.05) is 0 Å². The molecule has 0 radical (unpaired) electrons. The van der Waals surface area contributed by atoms with Gasteiger partial charge in [0.2, 0.25) is 5.95 Å². The summed E-state index contributed by atoms with van der Waals surface area (Å²) in [4.78, 5) is 17.4. The second kappa shape index (κ2) is 6.27. The minimum absolute atomic E-state index is 0.368. The number of nitrogens with one attached hydrogen (secondary N) is 2. The average molecular weight is 375 g/mol. The van der Waals surface area contributed by atoms with Crippen molar-refractivity contribution in [1.82, 2.24) is 29.5 Å². The maximum Gasteiger partial charge on any atom is 0.224 e. The molecule has 28 heavy (non-hydrogen) atoms. The van der Waals surface area contributed by atoms with Crippen molar-refractivity contribution < 1.29 is 4.74 Å². The maximum absolute atomic E-state index is 5.41. The normalized spacial score (nSPS) is 18.1. The van der Waals surface area contributed by atoms with Gasteiger partial charge in [0.05, 0.1) is 11.9 Å². The fraction of sp³-hybridized carbons (Fsp3) is 0.400. The molecule has 8 nitrogen and oxygen atoms in total. The highest BCUT2D eigenvalue weighted by Gasteiger charge is 2.27. The Hall–Kier alpha value is -3.00. The second-order valence-electron chi connectivity index (χ2n) is 7.64. The summed E-state index contributed by atoms with van der Waals surface area (Å²) in [5.74, 6) is 1.27. The third-order valence-electron chi connectivity index (χ3n) is 5.68. The van der Waals surface area contributed by atoms with Crippen LogP contribution in [0.15, 0.2) is 30.9 Å². The molecule has 0 unspecified atom stereocenters. The smallest absolute Gasteiger partial charge is 0.224 e. The van der Waals surface area contributed by atoms with E-state index in [0.717, 1.165) is 54.0 Å². The summed E-state index contributed by atoms with van der Waals surface area (Å²) in [6.07, 6.45) is 12.2. The van der Waals surface area contributed by atoms with Crippen LogP contribution in [0.5, 0.6) is 0 Å². The summed E-state index contributed by atoms with van der Waals surface area (Å²) in [5, 5.41) is 8.83. The lowest BCUT2D eigenvalue weighted by Crippen LogP contribution is -2.28. The minimum Gasteiger partial charge on any atom is -0.381 e. The Morgan fingerprint density at radius 1 is 1.11 bits per heavy atom. The van der Waals surface area contributed by atoms with Gasteiger partial charge in [-0.3, -0.25) is 0 Å². The highest BCUT2D eigenvalue weighted by Crippen LogP contribution is 2.41. The lowest BCUT2D eigenvalue weighted by Gasteiger charge is -2.22. The number of H-pyrrole nitrogens is 1. The SMILES string of the molecule is c1cn2ncc(C3CC3)c2nc1-c1c[nH]c2nc(NC3CCOCC3)ncc12. The molecule has 0 aromatic carbocycles. The molecule has 2 fully saturated rings. The van der Waals surface area contributed by atoms with Crippen molar-refractivity contribution in [3.8, 4) is 11.3 Å². The van der Waals surface area contributed by atoms with Crippen molar-refractivity contribution in [2.75, 3.05) is 18.5 Å². The monoisotopic (exact) mass is 375 g/mol. The van der Waals surface area contributed by atoms with Gasteiger partial charge in [0.25, 0.3) is 0 Å². The van der Waals surface area contributed by atoms with Crippen molar-refractivity contribution in [2.45, 2.75) is 37.6 Å². The Bertz CT molecular complexity index is 1150. The van der Waals surface area contributed by atoms with E-state index in [1.165, 1.54) is 18.4 Å². The molecule has 8 heteroatoms. The molecule has 0 spiro atoms. The molecule has 142 valence electrons. The Balaban J connectivity index is 1.35. The van der Waals surface area contributed by atoms with Crippen molar-refractivity contribution >= 4 is 22.6 Å². The molecule has 4 aromatic heterocycles. The van der Waals surface area contributed by atoms with Gasteiger partial charge in [-0.05, 0) is 37.7 Å². The zero-order valence-electron chi connectivity index (χ0n) is 15.4. The topological polar surface area (TPSA) is 93.0 Å². The molecule has 2 aliphatic rings. The molecule has 1 saturated carbocycles. The fourth-order valence-electron chi connectivity index (χ4n) is 3.93. The molecule has 0 bridgehead atoms. The van der Waals surface area contributed by atoms with Crippen LogP contribution in [-0.4, -0.2) is 48.8 Å². The van der Waals surface area contributed by atoms with Crippen LogP contribution < -0.4 is 5.32 Å². The van der Waals surface area contributed by atoms with Crippen LogP contribution in [-0.2, 0) is 4.74 Å². The van der Waals surface area contributed by atoms with E-state index in [4.69, 9.17) is 9.72 Å². The van der Waals surface area contributed by atoms with Gasteiger partial charge in [0.15, 0.2) is 5.65 Å². The average Bonchev–Trinajstić information content (AvgIpc) is 3.35. The first kappa shape index (κ1) is 16.0. The van der Waals surface area contributed by atoms with E-state index in [-0.39, 0.29) is 0 Å². The zero-order valence-corrected chi connectivity index (χ0v) is 15.4. The lowest BCUT2D eigenvalue weighted by molar-refractivity contribution is 0.0903. The van der Waals surface area contributed by atoms with Gasteiger partial charge < -0.3 is 15.0 Å². The Morgan fingerprint density at radius 3 is 2.86 bits per heavy atom. The van der Waals surface area contributed by atoms with Gasteiger partial charge in [0, 0.05) is 54.4 Å². The van der Waals surface area contributed by atoms with E-state index >= 15 is 0 Å². The molecule has 1 aliphatic carbocycles. The number of ether oxygens (including phenoxy) is 1. The van der Waals surface area contributed by atoms with Crippen LogP contribution in [0.2, 0.25) is 0 Å². The quantitative estimate of drug-likeness (QED) is 0.569. The summed E-state index contributed by atoms with van der Waals surface area (Å²) in [7, 11) is 0. The Labute approximate surface area is 161 Å². The summed E-state index contributed by atoms with van der Waals surface area (Å²) in [5.41, 5.74) is 4.94. The zero-order chi connectivity index (χ0) is 18.5. The highest BCUT2D eigenvalue weighted by molar-refractivity contribution is 5.92. The second-order valence-corrected chi connectivity index (χ2v) is 7.64. The van der Waals surface area contributed by atoms with Crippen molar-refractivity contribution in [1.29, 1.82) is 0 Å². The summed E-state index contributed by atoms with van der Waals surface area (Å²) < 4.78 is 7.27. The summed E-state index contributed by atoms with van der Waals surface area (Å²) in [6, 6.07) is 2.36. The molecule has 0 amide bonds. The lowest BCUT2D eigenvalue weighted by atomic mass is 10.1. The summed E-state index contributed by atoms with van der Waals surface area (Å²) >= 11 is 0. The largest absolute Gasteiger partial charge is 0.381 e. The third-order valence-corrected chi connectivity index (χ3v) is 5.68. The Morgan fingerprint density at radius 2 is 2.00 bits per heavy atom. The third kappa shape index (κ3) is 2.72. The molecule has 6 rings (SSSR count). The molecule has 5 heterocycles. The number of aromatic nitrogens is 6. The number of nitrogens with zero attached hydrogens (tertiary/aromatic N) is 5.